The van der Waals surface area contributed by atoms with Crippen molar-refractivity contribution in [3.8, 4) is 0 Å². The van der Waals surface area contributed by atoms with Gasteiger partial charge in [0.25, 0.3) is 0 Å². The number of carboxylic acid groups (broad SMARTS) is 1. The molecule has 2 rings (SSSR count). The monoisotopic (exact) mass is 236 g/mol. The van der Waals surface area contributed by atoms with Crippen molar-refractivity contribution >= 4 is 40.5 Å². The molecule has 7 heteroatoms. The topological polar surface area (TPSA) is 66.4 Å². The maximum absolute atomic E-state index is 11.9. The summed E-state index contributed by atoms with van der Waals surface area (Å²) < 4.78 is 0. The van der Waals surface area contributed by atoms with Crippen LogP contribution in [0, 0.1) is 0 Å². The minimum Gasteiger partial charge on any atom is -0.478 e. The zero-order valence-electron chi connectivity index (χ0n) is 9.81. The number of rotatable bonds is 3. The number of amides is 1. The van der Waals surface area contributed by atoms with Gasteiger partial charge in [0.15, 0.2) is 0 Å². The van der Waals surface area contributed by atoms with Crippen molar-refractivity contribution in [2.45, 2.75) is 17.4 Å². The van der Waals surface area contributed by atoms with Gasteiger partial charge in [-0.25, -0.2) is 4.79 Å². The van der Waals surface area contributed by atoms with Gasteiger partial charge in [-0.2, -0.15) is 0 Å². The molecule has 2 unspecified atom stereocenters. The lowest BCUT2D eigenvalue weighted by atomic mass is 9.67. The first kappa shape index (κ1) is 12.8. The van der Waals surface area contributed by atoms with Crippen LogP contribution < -0.4 is 5.32 Å². The van der Waals surface area contributed by atoms with Gasteiger partial charge in [0.05, 0.1) is 21.3 Å². The van der Waals surface area contributed by atoms with Crippen LogP contribution in [0.1, 0.15) is 17.3 Å². The van der Waals surface area contributed by atoms with E-state index in [-0.39, 0.29) is 5.56 Å². The summed E-state index contributed by atoms with van der Waals surface area (Å²) in [5.74, 6) is -1.43. The van der Waals surface area contributed by atoms with E-state index < -0.39 is 22.3 Å². The van der Waals surface area contributed by atoms with Crippen LogP contribution >= 0.6 is 0 Å². The Labute approximate surface area is 108 Å². The molecule has 1 amide bonds. The smallest absolute Gasteiger partial charge is 0.335 e. The second kappa shape index (κ2) is 3.94. The Morgan fingerprint density at radius 1 is 1.28 bits per heavy atom. The van der Waals surface area contributed by atoms with Crippen molar-refractivity contribution in [1.29, 1.82) is 0 Å². The summed E-state index contributed by atoms with van der Waals surface area (Å²) in [6.45, 7) is 1.67. The Balaban J connectivity index is 2.07. The number of hydrogen-bond acceptors (Lipinski definition) is 2. The van der Waals surface area contributed by atoms with E-state index in [4.69, 9.17) is 20.8 Å². The number of carbonyl (C=O) groups excluding carboxylic acids is 1. The fourth-order valence-corrected chi connectivity index (χ4v) is 1.68. The van der Waals surface area contributed by atoms with E-state index in [9.17, 15) is 9.59 Å². The van der Waals surface area contributed by atoms with E-state index >= 15 is 0 Å². The Bertz CT molecular complexity index is 515. The highest BCUT2D eigenvalue weighted by atomic mass is 16.4. The molecule has 2 N–H and O–H groups in total. The number of hydrogen-bond donors (Lipinski definition) is 2. The van der Waals surface area contributed by atoms with Crippen molar-refractivity contribution in [2.24, 2.45) is 0 Å². The largest absolute Gasteiger partial charge is 0.478 e. The number of carboxylic acids is 1. The minimum atomic E-state index is -1.17. The molecule has 0 aliphatic carbocycles. The number of carbonyl (C=O) groups is 2. The molecule has 5 radical (unpaired) electrons. The minimum absolute atomic E-state index is 0.150. The van der Waals surface area contributed by atoms with E-state index in [0.29, 0.717) is 5.69 Å². The van der Waals surface area contributed by atoms with E-state index in [1.807, 2.05) is 0 Å². The molecule has 1 heterocycles. The van der Waals surface area contributed by atoms with Gasteiger partial charge in [0.2, 0.25) is 5.91 Å². The third-order valence-corrected chi connectivity index (χ3v) is 3.10. The second-order valence-electron chi connectivity index (χ2n) is 4.63. The summed E-state index contributed by atoms with van der Waals surface area (Å²) >= 11 is 0. The summed E-state index contributed by atoms with van der Waals surface area (Å²) in [5.41, 5.74) is 0.628. The van der Waals surface area contributed by atoms with Gasteiger partial charge in [0.1, 0.15) is 7.28 Å². The molecule has 0 saturated carbocycles. The average Bonchev–Trinajstić information content (AvgIpc) is 2.80. The van der Waals surface area contributed by atoms with Crippen LogP contribution in [0.25, 0.3) is 0 Å². The molecule has 1 aliphatic heterocycles. The fraction of sp³-hybridized carbons (Fsp3) is 0.273. The molecule has 4 nitrogen and oxygen atoms in total. The van der Waals surface area contributed by atoms with Crippen molar-refractivity contribution < 1.29 is 14.7 Å². The molecule has 1 aromatic carbocycles. The molecule has 1 aliphatic rings. The highest BCUT2D eigenvalue weighted by Gasteiger charge is 2.61. The van der Waals surface area contributed by atoms with Gasteiger partial charge >= 0.3 is 5.97 Å². The zero-order valence-corrected chi connectivity index (χ0v) is 9.81. The Morgan fingerprint density at radius 3 is 2.17 bits per heavy atom. The SMILES string of the molecule is [B]C1(C)[B]C1([B])C(=O)Nc1ccc(C(=O)O)cc1. The Morgan fingerprint density at radius 2 is 1.78 bits per heavy atom. The normalized spacial score (nSPS) is 29.2. The summed E-state index contributed by atoms with van der Waals surface area (Å²) in [5, 5.41) is 9.36. The molecular weight excluding hydrogens is 227 g/mol. The lowest BCUT2D eigenvalue weighted by Gasteiger charge is -2.17. The summed E-state index contributed by atoms with van der Waals surface area (Å²) in [7, 11) is 13.1. The third kappa shape index (κ3) is 2.05. The van der Waals surface area contributed by atoms with Crippen LogP contribution in [-0.4, -0.2) is 40.0 Å². The molecular formula is C11H9B3NO3. The first-order valence-corrected chi connectivity index (χ1v) is 5.36. The van der Waals surface area contributed by atoms with E-state index in [1.165, 1.54) is 24.3 Å². The van der Waals surface area contributed by atoms with Crippen molar-refractivity contribution in [3.05, 3.63) is 29.8 Å². The number of aromatic carboxylic acids is 1. The van der Waals surface area contributed by atoms with Crippen LogP contribution in [-0.2, 0) is 4.79 Å². The van der Waals surface area contributed by atoms with E-state index in [2.05, 4.69) is 5.32 Å². The van der Waals surface area contributed by atoms with Gasteiger partial charge in [-0.1, -0.05) is 12.1 Å². The molecule has 0 spiro atoms. The Kier molecular flexibility index (Phi) is 2.80. The molecule has 0 bridgehead atoms. The second-order valence-corrected chi connectivity index (χ2v) is 4.63. The molecule has 0 aromatic heterocycles. The first-order chi connectivity index (χ1) is 8.26. The zero-order chi connectivity index (χ0) is 13.6. The third-order valence-electron chi connectivity index (χ3n) is 3.10. The predicted molar refractivity (Wildman–Crippen MR) is 70.4 cm³/mol. The summed E-state index contributed by atoms with van der Waals surface area (Å²) in [6.07, 6.45) is 0. The lowest BCUT2D eigenvalue weighted by molar-refractivity contribution is -0.116. The van der Waals surface area contributed by atoms with Crippen molar-refractivity contribution in [3.63, 3.8) is 0 Å². The summed E-state index contributed by atoms with van der Waals surface area (Å²) in [4.78, 5) is 22.5. The first-order valence-electron chi connectivity index (χ1n) is 5.36. The number of nitrogens with one attached hydrogen (secondary N) is 1. The van der Waals surface area contributed by atoms with Crippen LogP contribution in [0.15, 0.2) is 24.3 Å². The highest BCUT2D eigenvalue weighted by molar-refractivity contribution is 6.87. The van der Waals surface area contributed by atoms with E-state index in [0.717, 1.165) is 0 Å². The lowest BCUT2D eigenvalue weighted by Crippen LogP contribution is -2.23. The van der Waals surface area contributed by atoms with Gasteiger partial charge in [-0.3, -0.25) is 4.79 Å². The van der Waals surface area contributed by atoms with Gasteiger partial charge in [0, 0.05) is 5.69 Å². The van der Waals surface area contributed by atoms with Crippen molar-refractivity contribution in [1.82, 2.24) is 0 Å². The maximum atomic E-state index is 11.9. The Hall–Kier alpha value is -1.65. The van der Waals surface area contributed by atoms with Crippen molar-refractivity contribution in [2.75, 3.05) is 5.32 Å². The average molecular weight is 236 g/mol. The molecule has 1 fully saturated rings. The molecule has 1 saturated heterocycles. The van der Waals surface area contributed by atoms with Crippen LogP contribution in [0.4, 0.5) is 5.69 Å². The van der Waals surface area contributed by atoms with Crippen LogP contribution in [0.3, 0.4) is 0 Å². The van der Waals surface area contributed by atoms with Gasteiger partial charge in [-0.05, 0) is 29.5 Å². The number of benzene rings is 1. The standard InChI is InChI=1S/C11H9B3NO3/c1-10(12)11(13,14-10)9(18)15-7-4-2-6(3-5-7)8(16)17/h2-5H,1H3,(H,15,18)(H,16,17). The highest BCUT2D eigenvalue weighted by Crippen LogP contribution is 2.63. The van der Waals surface area contributed by atoms with Gasteiger partial charge < -0.3 is 10.4 Å². The fourth-order valence-electron chi connectivity index (χ4n) is 1.68. The van der Waals surface area contributed by atoms with E-state index in [1.54, 1.807) is 14.2 Å². The molecule has 2 atom stereocenters. The van der Waals surface area contributed by atoms with Crippen LogP contribution in [0.2, 0.25) is 10.4 Å². The van der Waals surface area contributed by atoms with Crippen LogP contribution in [0.5, 0.6) is 0 Å². The molecule has 18 heavy (non-hydrogen) atoms. The van der Waals surface area contributed by atoms with Gasteiger partial charge in [-0.15, -0.1) is 0 Å². The maximum Gasteiger partial charge on any atom is 0.335 e. The molecule has 85 valence electrons. The molecule has 1 aromatic rings. The predicted octanol–water partition coefficient (Wildman–Crippen LogP) is 0.630. The quantitative estimate of drug-likeness (QED) is 0.756. The number of anilines is 1. The summed E-state index contributed by atoms with van der Waals surface area (Å²) in [6, 6.07) is 5.81.